The minimum absolute atomic E-state index is 0.457. The lowest BCUT2D eigenvalue weighted by Crippen LogP contribution is -2.28. The normalized spacial score (nSPS) is 13.3. The van der Waals surface area contributed by atoms with Gasteiger partial charge in [0, 0.05) is 71.0 Å². The number of benzene rings is 14. The predicted molar refractivity (Wildman–Crippen MR) is 423 cm³/mol. The van der Waals surface area contributed by atoms with Crippen LogP contribution in [0.15, 0.2) is 369 Å². The summed E-state index contributed by atoms with van der Waals surface area (Å²) in [6, 6.07) is 128. The summed E-state index contributed by atoms with van der Waals surface area (Å²) in [5.74, 6) is 0. The van der Waals surface area contributed by atoms with Gasteiger partial charge in [0.05, 0.1) is 43.9 Å². The molecule has 0 amide bonds. The van der Waals surface area contributed by atoms with E-state index in [1.54, 1.807) is 0 Å². The Labute approximate surface area is 592 Å². The minimum atomic E-state index is -0.467. The maximum absolute atomic E-state index is 6.39. The molecule has 0 saturated heterocycles. The largest absolute Gasteiger partial charge is 0.455 e. The van der Waals surface area contributed by atoms with Crippen molar-refractivity contribution in [2.75, 3.05) is 0 Å². The van der Waals surface area contributed by atoms with Crippen LogP contribution in [0.25, 0.3) is 142 Å². The van der Waals surface area contributed by atoms with Crippen molar-refractivity contribution in [1.82, 2.24) is 19.1 Å². The number of hydrogen-bond acceptors (Lipinski definition) is 4. The molecule has 476 valence electrons. The molecule has 22 rings (SSSR count). The average Bonchev–Trinajstić information content (AvgIpc) is 1.52. The Morgan fingerprint density at radius 2 is 0.686 bits per heavy atom. The Morgan fingerprint density at radius 1 is 0.275 bits per heavy atom. The van der Waals surface area contributed by atoms with Crippen molar-refractivity contribution in [2.24, 2.45) is 0 Å². The lowest BCUT2D eigenvalue weighted by atomic mass is 9.67. The molecule has 0 atom stereocenters. The summed E-state index contributed by atoms with van der Waals surface area (Å²) < 4.78 is 13.8. The number of fused-ring (bicyclic) bond motifs is 18. The van der Waals surface area contributed by atoms with Crippen molar-refractivity contribution in [3.05, 3.63) is 409 Å². The van der Waals surface area contributed by atoms with Crippen LogP contribution in [0.2, 0.25) is 0 Å². The standard InChI is InChI=1S/C48H30N2O.C48H30N2S/c2*1-3-13-32(14-4-1)48(33-15-5-2-6-16-33)41-21-9-7-17-36(41)39-30-44-40(29-42(39)48)46-43(22-12-28-49-46)50(44)34-26-24-31(25-27-34)35-19-11-20-38-37-18-8-10-23-45(37)51-47(35)38/h2*1-30H. The van der Waals surface area contributed by atoms with Gasteiger partial charge < -0.3 is 13.6 Å². The fraction of sp³-hybridized carbons (Fsp3) is 0.0208. The van der Waals surface area contributed by atoms with Crippen molar-refractivity contribution in [3.63, 3.8) is 0 Å². The first-order chi connectivity index (χ1) is 50.6. The van der Waals surface area contributed by atoms with Crippen LogP contribution in [0, 0.1) is 0 Å². The molecule has 0 bridgehead atoms. The summed E-state index contributed by atoms with van der Waals surface area (Å²) in [5, 5.41) is 7.23. The van der Waals surface area contributed by atoms with Gasteiger partial charge in [0.25, 0.3) is 0 Å². The monoisotopic (exact) mass is 1320 g/mol. The molecular formula is C96H60N4OS. The minimum Gasteiger partial charge on any atom is -0.455 e. The second-order valence-corrected chi connectivity index (χ2v) is 28.0. The number of rotatable bonds is 8. The Balaban J connectivity index is 0.000000133. The van der Waals surface area contributed by atoms with E-state index in [4.69, 9.17) is 14.4 Å². The molecule has 6 heterocycles. The van der Waals surface area contributed by atoms with E-state index in [1.807, 2.05) is 41.9 Å². The summed E-state index contributed by atoms with van der Waals surface area (Å²) in [6.07, 6.45) is 3.83. The lowest BCUT2D eigenvalue weighted by Gasteiger charge is -2.33. The number of pyridine rings is 2. The Morgan fingerprint density at radius 3 is 1.21 bits per heavy atom. The van der Waals surface area contributed by atoms with Gasteiger partial charge in [0.1, 0.15) is 11.2 Å². The van der Waals surface area contributed by atoms with E-state index in [-0.39, 0.29) is 0 Å². The topological polar surface area (TPSA) is 48.8 Å². The average molecular weight is 1320 g/mol. The maximum atomic E-state index is 6.39. The van der Waals surface area contributed by atoms with E-state index >= 15 is 0 Å². The van der Waals surface area contributed by atoms with E-state index < -0.39 is 10.8 Å². The predicted octanol–water partition coefficient (Wildman–Crippen LogP) is 24.7. The van der Waals surface area contributed by atoms with E-state index in [0.29, 0.717) is 0 Å². The van der Waals surface area contributed by atoms with E-state index in [9.17, 15) is 0 Å². The SMILES string of the molecule is c1ccc(C2(c3ccccc3)c3ccccc3-c3cc4c(cc32)c2ncccc2n4-c2ccc(-c3cccc4c3oc3ccccc34)cc2)cc1.c1ccc(C2(c3ccccc3)c3ccccc3-c3cc4c(cc32)c2ncccc2n4-c2ccc(-c3cccc4c3sc3ccccc34)cc2)cc1. The highest BCUT2D eigenvalue weighted by atomic mass is 32.1. The van der Waals surface area contributed by atoms with Crippen LogP contribution >= 0.6 is 11.3 Å². The van der Waals surface area contributed by atoms with Crippen LogP contribution in [0.3, 0.4) is 0 Å². The second-order valence-electron chi connectivity index (χ2n) is 27.0. The van der Waals surface area contributed by atoms with Crippen LogP contribution in [0.1, 0.15) is 44.5 Å². The number of thiophene rings is 1. The summed E-state index contributed by atoms with van der Waals surface area (Å²) in [4.78, 5) is 10.0. The third-order valence-corrected chi connectivity index (χ3v) is 23.1. The quantitative estimate of drug-likeness (QED) is 0.152. The van der Waals surface area contributed by atoms with Crippen LogP contribution in [0.4, 0.5) is 0 Å². The first-order valence-electron chi connectivity index (χ1n) is 34.9. The summed E-state index contributed by atoms with van der Waals surface area (Å²) in [7, 11) is 0. The van der Waals surface area contributed by atoms with Crippen LogP contribution in [-0.2, 0) is 10.8 Å². The van der Waals surface area contributed by atoms with Crippen LogP contribution < -0.4 is 0 Å². The van der Waals surface area contributed by atoms with Gasteiger partial charge in [-0.1, -0.05) is 267 Å². The lowest BCUT2D eigenvalue weighted by molar-refractivity contribution is 0.670. The molecule has 20 aromatic rings. The maximum Gasteiger partial charge on any atom is 0.143 e. The van der Waals surface area contributed by atoms with Crippen molar-refractivity contribution in [2.45, 2.75) is 10.8 Å². The van der Waals surface area contributed by atoms with Gasteiger partial charge in [-0.05, 0) is 168 Å². The van der Waals surface area contributed by atoms with Gasteiger partial charge in [0.2, 0.25) is 0 Å². The Kier molecular flexibility index (Phi) is 13.0. The molecular weight excluding hydrogens is 1260 g/mol. The molecule has 0 spiro atoms. The number of para-hydroxylation sites is 2. The summed E-state index contributed by atoms with van der Waals surface area (Å²) in [6.45, 7) is 0. The molecule has 0 saturated carbocycles. The molecule has 2 aliphatic carbocycles. The van der Waals surface area contributed by atoms with Crippen molar-refractivity contribution < 1.29 is 4.42 Å². The Hall–Kier alpha value is -13.0. The zero-order chi connectivity index (χ0) is 67.0. The molecule has 0 N–H and O–H groups in total. The highest BCUT2D eigenvalue weighted by Gasteiger charge is 2.48. The molecule has 6 aromatic heterocycles. The fourth-order valence-electron chi connectivity index (χ4n) is 17.6. The number of nitrogens with zero attached hydrogens (tertiary/aromatic N) is 4. The molecule has 0 aliphatic heterocycles. The van der Waals surface area contributed by atoms with Crippen LogP contribution in [0.5, 0.6) is 0 Å². The van der Waals surface area contributed by atoms with Crippen molar-refractivity contribution >= 4 is 97.3 Å². The molecule has 102 heavy (non-hydrogen) atoms. The van der Waals surface area contributed by atoms with Gasteiger partial charge in [-0.15, -0.1) is 11.3 Å². The zero-order valence-corrected chi connectivity index (χ0v) is 56.1. The van der Waals surface area contributed by atoms with Gasteiger partial charge in [-0.3, -0.25) is 9.97 Å². The van der Waals surface area contributed by atoms with Crippen molar-refractivity contribution in [1.29, 1.82) is 0 Å². The highest BCUT2D eigenvalue weighted by Crippen LogP contribution is 2.60. The second kappa shape index (κ2) is 22.8. The molecule has 0 unspecified atom stereocenters. The molecule has 6 heteroatoms. The van der Waals surface area contributed by atoms with Gasteiger partial charge in [-0.2, -0.15) is 0 Å². The van der Waals surface area contributed by atoms with Crippen LogP contribution in [-0.4, -0.2) is 19.1 Å². The number of furan rings is 1. The summed E-state index contributed by atoms with van der Waals surface area (Å²) >= 11 is 1.88. The first-order valence-corrected chi connectivity index (χ1v) is 35.7. The molecule has 0 radical (unpaired) electrons. The molecule has 5 nitrogen and oxygen atoms in total. The summed E-state index contributed by atoms with van der Waals surface area (Å²) in [5.41, 5.74) is 29.6. The van der Waals surface area contributed by atoms with Gasteiger partial charge in [-0.25, -0.2) is 0 Å². The Bertz CT molecular complexity index is 6240. The first kappa shape index (κ1) is 58.0. The number of aromatic nitrogens is 4. The molecule has 2 aliphatic rings. The molecule has 14 aromatic carbocycles. The fourth-order valence-corrected chi connectivity index (χ4v) is 18.9. The highest BCUT2D eigenvalue weighted by molar-refractivity contribution is 7.26. The third kappa shape index (κ3) is 8.39. The number of hydrogen-bond donors (Lipinski definition) is 0. The van der Waals surface area contributed by atoms with E-state index in [0.717, 1.165) is 88.3 Å². The van der Waals surface area contributed by atoms with Crippen molar-refractivity contribution in [3.8, 4) is 55.9 Å². The zero-order valence-electron chi connectivity index (χ0n) is 55.2. The smallest absolute Gasteiger partial charge is 0.143 e. The van der Waals surface area contributed by atoms with Gasteiger partial charge >= 0.3 is 0 Å². The van der Waals surface area contributed by atoms with E-state index in [2.05, 4.69) is 343 Å². The van der Waals surface area contributed by atoms with Gasteiger partial charge in [0.15, 0.2) is 0 Å². The third-order valence-electron chi connectivity index (χ3n) is 21.9. The van der Waals surface area contributed by atoms with E-state index in [1.165, 1.54) is 98.1 Å². The molecule has 0 fully saturated rings.